The van der Waals surface area contributed by atoms with Gasteiger partial charge >= 0.3 is 6.03 Å². The molecule has 132 valence electrons. The Balaban J connectivity index is 1.57. The van der Waals surface area contributed by atoms with Gasteiger partial charge in [-0.05, 0) is 36.6 Å². The Morgan fingerprint density at radius 1 is 1.28 bits per heavy atom. The number of nitrogens with zero attached hydrogens (tertiary/aromatic N) is 2. The number of carbonyl (C=O) groups excluding carboxylic acids is 2. The number of hydrogen-bond acceptors (Lipinski definition) is 3. The highest BCUT2D eigenvalue weighted by molar-refractivity contribution is 5.89. The van der Waals surface area contributed by atoms with Gasteiger partial charge in [-0.1, -0.05) is 12.1 Å². The van der Waals surface area contributed by atoms with Crippen molar-refractivity contribution in [1.82, 2.24) is 20.4 Å². The van der Waals surface area contributed by atoms with Gasteiger partial charge in [-0.3, -0.25) is 9.89 Å². The molecule has 1 unspecified atom stereocenters. The second-order valence-electron chi connectivity index (χ2n) is 6.27. The van der Waals surface area contributed by atoms with Crippen molar-refractivity contribution in [3.05, 3.63) is 47.8 Å². The lowest BCUT2D eigenvalue weighted by atomic mass is 9.95. The normalized spacial score (nSPS) is 17.2. The average molecular weight is 341 g/mol. The van der Waals surface area contributed by atoms with Crippen LogP contribution >= 0.6 is 0 Å². The van der Waals surface area contributed by atoms with Gasteiger partial charge in [0.25, 0.3) is 0 Å². The highest BCUT2D eigenvalue weighted by Crippen LogP contribution is 2.25. The van der Waals surface area contributed by atoms with Gasteiger partial charge < -0.3 is 15.5 Å². The maximum Gasteiger partial charge on any atom is 0.321 e. The van der Waals surface area contributed by atoms with E-state index >= 15 is 0 Å². The summed E-state index contributed by atoms with van der Waals surface area (Å²) in [7, 11) is 1.62. The van der Waals surface area contributed by atoms with Gasteiger partial charge in [0.15, 0.2) is 0 Å². The van der Waals surface area contributed by atoms with Crippen molar-refractivity contribution in [2.24, 2.45) is 0 Å². The molecule has 0 radical (unpaired) electrons. The molecule has 7 heteroatoms. The van der Waals surface area contributed by atoms with Crippen molar-refractivity contribution in [2.45, 2.75) is 25.2 Å². The zero-order chi connectivity index (χ0) is 17.6. The first-order valence-corrected chi connectivity index (χ1v) is 8.50. The fourth-order valence-electron chi connectivity index (χ4n) is 3.09. The van der Waals surface area contributed by atoms with E-state index in [4.69, 9.17) is 0 Å². The van der Waals surface area contributed by atoms with Gasteiger partial charge in [-0.25, -0.2) is 4.79 Å². The predicted octanol–water partition coefficient (Wildman–Crippen LogP) is 2.11. The van der Waals surface area contributed by atoms with Crippen LogP contribution in [-0.2, 0) is 11.2 Å². The first kappa shape index (κ1) is 17.0. The molecular formula is C18H23N5O2. The lowest BCUT2D eigenvalue weighted by Crippen LogP contribution is -2.41. The molecule has 1 atom stereocenters. The Bertz CT molecular complexity index is 712. The Labute approximate surface area is 146 Å². The van der Waals surface area contributed by atoms with E-state index in [1.165, 1.54) is 0 Å². The average Bonchev–Trinajstić information content (AvgIpc) is 3.18. The SMILES string of the molecule is CNC(=O)Cc1ccc(NC(=O)N2CCCC(c3ccn[nH]3)C2)cc1. The number of amides is 3. The number of hydrogen-bond donors (Lipinski definition) is 3. The number of aromatic nitrogens is 2. The van der Waals surface area contributed by atoms with E-state index in [0.717, 1.165) is 36.3 Å². The maximum atomic E-state index is 12.5. The van der Waals surface area contributed by atoms with Crippen LogP contribution < -0.4 is 10.6 Å². The predicted molar refractivity (Wildman–Crippen MR) is 95.4 cm³/mol. The van der Waals surface area contributed by atoms with Crippen molar-refractivity contribution >= 4 is 17.6 Å². The third-order valence-electron chi connectivity index (χ3n) is 4.52. The molecule has 25 heavy (non-hydrogen) atoms. The summed E-state index contributed by atoms with van der Waals surface area (Å²) in [6.07, 6.45) is 4.11. The number of H-pyrrole nitrogens is 1. The number of piperidine rings is 1. The summed E-state index contributed by atoms with van der Waals surface area (Å²) in [6, 6.07) is 9.24. The molecule has 3 N–H and O–H groups in total. The summed E-state index contributed by atoms with van der Waals surface area (Å²) in [5.74, 6) is 0.270. The number of benzene rings is 1. The van der Waals surface area contributed by atoms with E-state index in [2.05, 4.69) is 20.8 Å². The molecule has 1 fully saturated rings. The zero-order valence-electron chi connectivity index (χ0n) is 14.3. The second-order valence-corrected chi connectivity index (χ2v) is 6.27. The van der Waals surface area contributed by atoms with Crippen molar-refractivity contribution in [3.8, 4) is 0 Å². The molecule has 1 aliphatic heterocycles. The molecule has 7 nitrogen and oxygen atoms in total. The second kappa shape index (κ2) is 7.83. The highest BCUT2D eigenvalue weighted by atomic mass is 16.2. The molecule has 2 heterocycles. The van der Waals surface area contributed by atoms with Crippen LogP contribution in [0.25, 0.3) is 0 Å². The fraction of sp³-hybridized carbons (Fsp3) is 0.389. The number of likely N-dealkylation sites (N-methyl/N-ethyl adjacent to an activating group) is 1. The van der Waals surface area contributed by atoms with Crippen molar-refractivity contribution < 1.29 is 9.59 Å². The van der Waals surface area contributed by atoms with Crippen molar-refractivity contribution in [1.29, 1.82) is 0 Å². The Hall–Kier alpha value is -2.83. The topological polar surface area (TPSA) is 90.1 Å². The number of carbonyl (C=O) groups is 2. The van der Waals surface area contributed by atoms with Gasteiger partial charge in [0.2, 0.25) is 5.91 Å². The summed E-state index contributed by atoms with van der Waals surface area (Å²) in [5, 5.41) is 12.5. The molecule has 0 spiro atoms. The fourth-order valence-corrected chi connectivity index (χ4v) is 3.09. The quantitative estimate of drug-likeness (QED) is 0.795. The van der Waals surface area contributed by atoms with Crippen LogP contribution in [0.3, 0.4) is 0 Å². The largest absolute Gasteiger partial charge is 0.359 e. The molecule has 1 aliphatic rings. The molecule has 3 rings (SSSR count). The van der Waals surface area contributed by atoms with E-state index in [1.54, 1.807) is 13.2 Å². The van der Waals surface area contributed by atoms with Gasteiger partial charge in [0.1, 0.15) is 0 Å². The first-order valence-electron chi connectivity index (χ1n) is 8.50. The van der Waals surface area contributed by atoms with Crippen LogP contribution in [0.5, 0.6) is 0 Å². The van der Waals surface area contributed by atoms with Gasteiger partial charge in [-0.15, -0.1) is 0 Å². The number of anilines is 1. The van der Waals surface area contributed by atoms with Crippen LogP contribution in [0, 0.1) is 0 Å². The third-order valence-corrected chi connectivity index (χ3v) is 4.52. The van der Waals surface area contributed by atoms with Gasteiger partial charge in [-0.2, -0.15) is 5.10 Å². The summed E-state index contributed by atoms with van der Waals surface area (Å²) in [4.78, 5) is 25.7. The number of rotatable bonds is 4. The van der Waals surface area contributed by atoms with Crippen LogP contribution in [0.4, 0.5) is 10.5 Å². The summed E-state index contributed by atoms with van der Waals surface area (Å²) < 4.78 is 0. The minimum Gasteiger partial charge on any atom is -0.359 e. The standard InChI is InChI=1S/C18H23N5O2/c1-19-17(24)11-13-4-6-15(7-5-13)21-18(25)23-10-2-3-14(12-23)16-8-9-20-22-16/h4-9,14H,2-3,10-12H2,1H3,(H,19,24)(H,20,22)(H,21,25). The minimum atomic E-state index is -0.0942. The molecule has 0 saturated carbocycles. The maximum absolute atomic E-state index is 12.5. The Morgan fingerprint density at radius 3 is 2.76 bits per heavy atom. The van der Waals surface area contributed by atoms with Crippen LogP contribution in [0.1, 0.15) is 30.0 Å². The van der Waals surface area contributed by atoms with Gasteiger partial charge in [0, 0.05) is 43.6 Å². The van der Waals surface area contributed by atoms with E-state index in [0.29, 0.717) is 18.9 Å². The minimum absolute atomic E-state index is 0.0325. The molecule has 1 aromatic carbocycles. The molecule has 1 saturated heterocycles. The highest BCUT2D eigenvalue weighted by Gasteiger charge is 2.25. The molecule has 2 aromatic rings. The van der Waals surface area contributed by atoms with E-state index in [9.17, 15) is 9.59 Å². The van der Waals surface area contributed by atoms with Crippen LogP contribution in [0.2, 0.25) is 0 Å². The molecule has 0 aliphatic carbocycles. The number of urea groups is 1. The smallest absolute Gasteiger partial charge is 0.321 e. The Kier molecular flexibility index (Phi) is 5.33. The van der Waals surface area contributed by atoms with Crippen LogP contribution in [0.15, 0.2) is 36.5 Å². The lowest BCUT2D eigenvalue weighted by Gasteiger charge is -2.32. The summed E-state index contributed by atoms with van der Waals surface area (Å²) >= 11 is 0. The van der Waals surface area contributed by atoms with E-state index in [-0.39, 0.29) is 11.9 Å². The zero-order valence-corrected chi connectivity index (χ0v) is 14.3. The number of aromatic amines is 1. The van der Waals surface area contributed by atoms with Crippen LogP contribution in [-0.4, -0.2) is 47.2 Å². The Morgan fingerprint density at radius 2 is 2.08 bits per heavy atom. The van der Waals surface area contributed by atoms with Gasteiger partial charge in [0.05, 0.1) is 6.42 Å². The molecule has 3 amide bonds. The lowest BCUT2D eigenvalue weighted by molar-refractivity contribution is -0.119. The van der Waals surface area contributed by atoms with Crippen molar-refractivity contribution in [3.63, 3.8) is 0 Å². The van der Waals surface area contributed by atoms with Crippen molar-refractivity contribution in [2.75, 3.05) is 25.5 Å². The van der Waals surface area contributed by atoms with E-state index < -0.39 is 0 Å². The van der Waals surface area contributed by atoms with E-state index in [1.807, 2.05) is 35.2 Å². The summed E-state index contributed by atoms with van der Waals surface area (Å²) in [5.41, 5.74) is 2.72. The number of nitrogens with one attached hydrogen (secondary N) is 3. The molecule has 1 aromatic heterocycles. The summed E-state index contributed by atoms with van der Waals surface area (Å²) in [6.45, 7) is 1.44. The first-order chi connectivity index (χ1) is 12.2. The molecule has 0 bridgehead atoms. The monoisotopic (exact) mass is 341 g/mol. The number of likely N-dealkylation sites (tertiary alicyclic amines) is 1. The third kappa shape index (κ3) is 4.37. The molecular weight excluding hydrogens is 318 g/mol.